The lowest BCUT2D eigenvalue weighted by Gasteiger charge is -2.03. The number of hydrogen-bond acceptors (Lipinski definition) is 3. The number of anilines is 1. The molecule has 1 aromatic carbocycles. The summed E-state index contributed by atoms with van der Waals surface area (Å²) in [5.41, 5.74) is 9.38. The van der Waals surface area contributed by atoms with Gasteiger partial charge < -0.3 is 15.3 Å². The van der Waals surface area contributed by atoms with Crippen LogP contribution in [-0.2, 0) is 7.05 Å². The fraction of sp³-hybridized carbons (Fsp3) is 0.0588. The van der Waals surface area contributed by atoms with Crippen molar-refractivity contribution in [3.63, 3.8) is 0 Å². The molecule has 4 aromatic rings. The summed E-state index contributed by atoms with van der Waals surface area (Å²) in [6.07, 6.45) is 3.69. The Labute approximate surface area is 126 Å². The molecule has 0 saturated carbocycles. The molecular weight excluding hydrogens is 276 g/mol. The van der Waals surface area contributed by atoms with Crippen LogP contribution in [0.15, 0.2) is 53.6 Å². The first kappa shape index (κ1) is 12.6. The van der Waals surface area contributed by atoms with Gasteiger partial charge in [-0.3, -0.25) is 4.79 Å². The Hall–Kier alpha value is -3.08. The van der Waals surface area contributed by atoms with E-state index in [4.69, 9.17) is 5.73 Å². The van der Waals surface area contributed by atoms with Gasteiger partial charge in [0.05, 0.1) is 5.52 Å². The molecule has 0 amide bonds. The highest BCUT2D eigenvalue weighted by atomic mass is 16.1. The molecule has 0 radical (unpaired) electrons. The molecule has 0 aliphatic rings. The number of aryl methyl sites for hydroxylation is 1. The lowest BCUT2D eigenvalue weighted by atomic mass is 10.1. The molecular formula is C17H14N4O. The van der Waals surface area contributed by atoms with Gasteiger partial charge in [-0.1, -0.05) is 6.07 Å². The predicted octanol–water partition coefficient (Wildman–Crippen LogP) is 2.66. The van der Waals surface area contributed by atoms with Gasteiger partial charge >= 0.3 is 0 Å². The van der Waals surface area contributed by atoms with E-state index in [9.17, 15) is 4.79 Å². The van der Waals surface area contributed by atoms with Crippen LogP contribution < -0.4 is 11.3 Å². The summed E-state index contributed by atoms with van der Waals surface area (Å²) < 4.78 is 1.93. The molecule has 0 unspecified atom stereocenters. The first-order valence-corrected chi connectivity index (χ1v) is 6.96. The lowest BCUT2D eigenvalue weighted by Crippen LogP contribution is -2.08. The zero-order chi connectivity index (χ0) is 15.3. The maximum atomic E-state index is 12.5. The molecule has 5 heteroatoms. The Kier molecular flexibility index (Phi) is 2.56. The second kappa shape index (κ2) is 4.46. The summed E-state index contributed by atoms with van der Waals surface area (Å²) in [5.74, 6) is 0. The summed E-state index contributed by atoms with van der Waals surface area (Å²) in [5, 5.41) is 1.91. The van der Waals surface area contributed by atoms with E-state index in [2.05, 4.69) is 9.97 Å². The van der Waals surface area contributed by atoms with Gasteiger partial charge in [-0.25, -0.2) is 4.98 Å². The van der Waals surface area contributed by atoms with Crippen molar-refractivity contribution in [2.45, 2.75) is 0 Å². The molecule has 0 fully saturated rings. The number of aromatic amines is 1. The van der Waals surface area contributed by atoms with Gasteiger partial charge in [0.25, 0.3) is 5.56 Å². The number of H-pyrrole nitrogens is 1. The van der Waals surface area contributed by atoms with Gasteiger partial charge in [-0.2, -0.15) is 0 Å². The Morgan fingerprint density at radius 2 is 2.05 bits per heavy atom. The molecule has 3 aromatic heterocycles. The normalized spacial score (nSPS) is 11.3. The third-order valence-corrected chi connectivity index (χ3v) is 3.89. The number of rotatable bonds is 1. The molecule has 22 heavy (non-hydrogen) atoms. The van der Waals surface area contributed by atoms with Crippen LogP contribution >= 0.6 is 0 Å². The minimum atomic E-state index is -0.130. The van der Waals surface area contributed by atoms with E-state index in [1.54, 1.807) is 12.3 Å². The summed E-state index contributed by atoms with van der Waals surface area (Å²) >= 11 is 0. The van der Waals surface area contributed by atoms with Crippen LogP contribution in [0, 0.1) is 0 Å². The van der Waals surface area contributed by atoms with Gasteiger partial charge in [0.2, 0.25) is 0 Å². The van der Waals surface area contributed by atoms with E-state index in [-0.39, 0.29) is 5.56 Å². The van der Waals surface area contributed by atoms with Crippen molar-refractivity contribution in [2.24, 2.45) is 7.05 Å². The molecule has 0 spiro atoms. The van der Waals surface area contributed by atoms with Crippen LogP contribution in [0.5, 0.6) is 0 Å². The first-order valence-electron chi connectivity index (χ1n) is 6.96. The highest BCUT2D eigenvalue weighted by Crippen LogP contribution is 2.28. The van der Waals surface area contributed by atoms with Crippen molar-refractivity contribution >= 4 is 27.6 Å². The van der Waals surface area contributed by atoms with Crippen LogP contribution in [0.2, 0.25) is 0 Å². The van der Waals surface area contributed by atoms with Gasteiger partial charge in [-0.15, -0.1) is 0 Å². The fourth-order valence-electron chi connectivity index (χ4n) is 2.85. The highest BCUT2D eigenvalue weighted by molar-refractivity contribution is 5.96. The Morgan fingerprint density at radius 3 is 2.91 bits per heavy atom. The third-order valence-electron chi connectivity index (χ3n) is 3.89. The molecule has 5 nitrogen and oxygen atoms in total. The van der Waals surface area contributed by atoms with E-state index in [0.29, 0.717) is 11.3 Å². The van der Waals surface area contributed by atoms with Crippen molar-refractivity contribution in [1.29, 1.82) is 0 Å². The van der Waals surface area contributed by atoms with E-state index < -0.39 is 0 Å². The number of aromatic nitrogens is 3. The number of hydrogen-bond donors (Lipinski definition) is 2. The fourth-order valence-corrected chi connectivity index (χ4v) is 2.85. The third kappa shape index (κ3) is 1.79. The molecule has 0 atom stereocenters. The number of nitrogens with two attached hydrogens (primary N) is 1. The van der Waals surface area contributed by atoms with Gasteiger partial charge in [0.1, 0.15) is 5.65 Å². The molecule has 3 heterocycles. The SMILES string of the molecule is Cn1cc(-c2cc3ccc(N)cc3[nH]c2=O)c2cccnc21. The van der Waals surface area contributed by atoms with Gasteiger partial charge in [0, 0.05) is 41.6 Å². The standard InChI is InChI=1S/C17H14N4O/c1-21-9-14(12-3-2-6-19-16(12)21)13-7-10-4-5-11(18)8-15(10)20-17(13)22/h2-9H,18H2,1H3,(H,20,22). The molecule has 0 bridgehead atoms. The predicted molar refractivity (Wildman–Crippen MR) is 88.7 cm³/mol. The maximum Gasteiger partial charge on any atom is 0.256 e. The van der Waals surface area contributed by atoms with Crippen molar-refractivity contribution in [2.75, 3.05) is 5.73 Å². The molecule has 0 saturated heterocycles. The first-order chi connectivity index (χ1) is 10.6. The second-order valence-electron chi connectivity index (χ2n) is 5.39. The van der Waals surface area contributed by atoms with Crippen LogP contribution in [0.4, 0.5) is 5.69 Å². The molecule has 3 N–H and O–H groups in total. The van der Waals surface area contributed by atoms with Crippen LogP contribution in [0.25, 0.3) is 33.1 Å². The Balaban J connectivity index is 2.06. The summed E-state index contributed by atoms with van der Waals surface area (Å²) in [6, 6.07) is 11.3. The van der Waals surface area contributed by atoms with Crippen molar-refractivity contribution in [3.8, 4) is 11.1 Å². The minimum Gasteiger partial charge on any atom is -0.399 e. The van der Waals surface area contributed by atoms with Crippen molar-refractivity contribution < 1.29 is 0 Å². The Morgan fingerprint density at radius 1 is 1.18 bits per heavy atom. The number of nitrogens with one attached hydrogen (secondary N) is 1. The van der Waals surface area contributed by atoms with Crippen LogP contribution in [0.1, 0.15) is 0 Å². The average molecular weight is 290 g/mol. The topological polar surface area (TPSA) is 76.7 Å². The summed E-state index contributed by atoms with van der Waals surface area (Å²) in [6.45, 7) is 0. The number of pyridine rings is 2. The number of benzene rings is 1. The zero-order valence-corrected chi connectivity index (χ0v) is 12.0. The minimum absolute atomic E-state index is 0.130. The van der Waals surface area contributed by atoms with E-state index >= 15 is 0 Å². The largest absolute Gasteiger partial charge is 0.399 e. The van der Waals surface area contributed by atoms with Gasteiger partial charge in [0.15, 0.2) is 0 Å². The summed E-state index contributed by atoms with van der Waals surface area (Å²) in [4.78, 5) is 19.7. The zero-order valence-electron chi connectivity index (χ0n) is 12.0. The summed E-state index contributed by atoms with van der Waals surface area (Å²) in [7, 11) is 1.93. The monoisotopic (exact) mass is 290 g/mol. The highest BCUT2D eigenvalue weighted by Gasteiger charge is 2.13. The van der Waals surface area contributed by atoms with Crippen LogP contribution in [0.3, 0.4) is 0 Å². The smallest absolute Gasteiger partial charge is 0.256 e. The second-order valence-corrected chi connectivity index (χ2v) is 5.39. The van der Waals surface area contributed by atoms with E-state index in [0.717, 1.165) is 27.5 Å². The number of nitrogen functional groups attached to an aromatic ring is 1. The molecule has 4 rings (SSSR count). The van der Waals surface area contributed by atoms with Crippen LogP contribution in [-0.4, -0.2) is 14.5 Å². The van der Waals surface area contributed by atoms with E-state index in [1.165, 1.54) is 0 Å². The molecule has 0 aliphatic carbocycles. The van der Waals surface area contributed by atoms with E-state index in [1.807, 2.05) is 48.1 Å². The molecule has 0 aliphatic heterocycles. The van der Waals surface area contributed by atoms with Gasteiger partial charge in [-0.05, 0) is 35.7 Å². The molecule has 108 valence electrons. The van der Waals surface area contributed by atoms with Crippen molar-refractivity contribution in [1.82, 2.24) is 14.5 Å². The quantitative estimate of drug-likeness (QED) is 0.529. The number of fused-ring (bicyclic) bond motifs is 2. The van der Waals surface area contributed by atoms with Crippen molar-refractivity contribution in [3.05, 3.63) is 59.1 Å². The number of nitrogens with zero attached hydrogens (tertiary/aromatic N) is 2. The lowest BCUT2D eigenvalue weighted by molar-refractivity contribution is 0.949. The Bertz CT molecular complexity index is 1080. The average Bonchev–Trinajstić information content (AvgIpc) is 2.84. The maximum absolute atomic E-state index is 12.5.